The number of ether oxygens (including phenoxy) is 1. The Bertz CT molecular complexity index is 807. The van der Waals surface area contributed by atoms with Crippen molar-refractivity contribution < 1.29 is 17.9 Å². The van der Waals surface area contributed by atoms with Crippen LogP contribution in [0.25, 0.3) is 0 Å². The zero-order valence-corrected chi connectivity index (χ0v) is 15.1. The predicted molar refractivity (Wildman–Crippen MR) is 95.7 cm³/mol. The van der Waals surface area contributed by atoms with Crippen LogP contribution in [-0.4, -0.2) is 38.8 Å². The van der Waals surface area contributed by atoms with Crippen LogP contribution in [0.1, 0.15) is 12.5 Å². The maximum atomic E-state index is 12.4. The van der Waals surface area contributed by atoms with Crippen molar-refractivity contribution in [2.75, 3.05) is 20.2 Å². The van der Waals surface area contributed by atoms with Gasteiger partial charge in [0.05, 0.1) is 18.0 Å². The lowest BCUT2D eigenvalue weighted by Gasteiger charge is -2.17. The van der Waals surface area contributed by atoms with E-state index in [1.165, 1.54) is 19.2 Å². The third-order valence-electron chi connectivity index (χ3n) is 3.52. The normalized spacial score (nSPS) is 11.3. The number of rotatable bonds is 8. The summed E-state index contributed by atoms with van der Waals surface area (Å²) in [4.78, 5) is 12.2. The molecule has 0 saturated carbocycles. The Morgan fingerprint density at radius 3 is 2.52 bits per heavy atom. The molecule has 2 rings (SSSR count). The van der Waals surface area contributed by atoms with Crippen LogP contribution in [0.4, 0.5) is 0 Å². The van der Waals surface area contributed by atoms with E-state index in [0.29, 0.717) is 13.2 Å². The highest BCUT2D eigenvalue weighted by Gasteiger charge is 2.22. The zero-order valence-electron chi connectivity index (χ0n) is 14.3. The summed E-state index contributed by atoms with van der Waals surface area (Å²) >= 11 is 0. The van der Waals surface area contributed by atoms with Gasteiger partial charge in [0.1, 0.15) is 5.75 Å². The van der Waals surface area contributed by atoms with Crippen molar-refractivity contribution in [2.24, 2.45) is 0 Å². The van der Waals surface area contributed by atoms with Crippen molar-refractivity contribution in [3.05, 3.63) is 60.2 Å². The summed E-state index contributed by atoms with van der Waals surface area (Å²) in [5.41, 5.74) is 0.882. The van der Waals surface area contributed by atoms with Gasteiger partial charge >= 0.3 is 0 Å². The first-order chi connectivity index (χ1) is 11.9. The molecule has 25 heavy (non-hydrogen) atoms. The minimum Gasteiger partial charge on any atom is -0.494 e. The third kappa shape index (κ3) is 5.30. The second kappa shape index (κ2) is 8.64. The summed E-state index contributed by atoms with van der Waals surface area (Å²) in [6.07, 6.45) is 0. The molecule has 0 unspecified atom stereocenters. The highest BCUT2D eigenvalue weighted by Crippen LogP contribution is 2.14. The van der Waals surface area contributed by atoms with Crippen LogP contribution >= 0.6 is 0 Å². The smallest absolute Gasteiger partial charge is 0.243 e. The van der Waals surface area contributed by atoms with Crippen LogP contribution < -0.4 is 10.1 Å². The van der Waals surface area contributed by atoms with E-state index in [4.69, 9.17) is 4.74 Å². The molecule has 0 heterocycles. The summed E-state index contributed by atoms with van der Waals surface area (Å²) in [5.74, 6) is 0.363. The van der Waals surface area contributed by atoms with Gasteiger partial charge in [-0.2, -0.15) is 4.31 Å². The lowest BCUT2D eigenvalue weighted by Crippen LogP contribution is -2.38. The highest BCUT2D eigenvalue weighted by atomic mass is 32.2. The minimum absolute atomic E-state index is 0.162. The Kier molecular flexibility index (Phi) is 6.55. The van der Waals surface area contributed by atoms with Gasteiger partial charge in [-0.3, -0.25) is 4.79 Å². The standard InChI is InChI=1S/C18H22N2O4S/c1-3-24-16-9-7-8-15(12-16)13-19-18(21)14-20(2)25(22,23)17-10-5-4-6-11-17/h4-12H,3,13-14H2,1-2H3,(H,19,21). The second-order valence-electron chi connectivity index (χ2n) is 5.43. The van der Waals surface area contributed by atoms with Crippen molar-refractivity contribution in [1.29, 1.82) is 0 Å². The van der Waals surface area contributed by atoms with E-state index in [0.717, 1.165) is 15.6 Å². The van der Waals surface area contributed by atoms with Gasteiger partial charge in [-0.05, 0) is 36.8 Å². The van der Waals surface area contributed by atoms with Gasteiger partial charge in [0.2, 0.25) is 15.9 Å². The van der Waals surface area contributed by atoms with E-state index in [2.05, 4.69) is 5.32 Å². The van der Waals surface area contributed by atoms with Crippen LogP contribution in [-0.2, 0) is 21.4 Å². The summed E-state index contributed by atoms with van der Waals surface area (Å²) in [7, 11) is -2.29. The van der Waals surface area contributed by atoms with Gasteiger partial charge < -0.3 is 10.1 Å². The largest absolute Gasteiger partial charge is 0.494 e. The molecule has 0 bridgehead atoms. The molecule has 0 aliphatic carbocycles. The molecular formula is C18H22N2O4S. The molecule has 1 amide bonds. The van der Waals surface area contributed by atoms with E-state index >= 15 is 0 Å². The van der Waals surface area contributed by atoms with Crippen molar-refractivity contribution in [2.45, 2.75) is 18.4 Å². The molecule has 0 aliphatic heterocycles. The zero-order chi connectivity index (χ0) is 18.3. The molecule has 0 aromatic heterocycles. The number of carbonyl (C=O) groups excluding carboxylic acids is 1. The quantitative estimate of drug-likeness (QED) is 0.780. The number of hydrogen-bond donors (Lipinski definition) is 1. The van der Waals surface area contributed by atoms with Crippen LogP contribution in [0, 0.1) is 0 Å². The van der Waals surface area contributed by atoms with E-state index < -0.39 is 10.0 Å². The average Bonchev–Trinajstić information content (AvgIpc) is 2.61. The number of nitrogens with one attached hydrogen (secondary N) is 1. The summed E-state index contributed by atoms with van der Waals surface area (Å²) in [5, 5.41) is 2.72. The van der Waals surface area contributed by atoms with Crippen molar-refractivity contribution in [3.63, 3.8) is 0 Å². The van der Waals surface area contributed by atoms with Crippen molar-refractivity contribution in [1.82, 2.24) is 9.62 Å². The molecule has 134 valence electrons. The third-order valence-corrected chi connectivity index (χ3v) is 5.33. The molecule has 2 aromatic rings. The fraction of sp³-hybridized carbons (Fsp3) is 0.278. The number of benzene rings is 2. The summed E-state index contributed by atoms with van der Waals surface area (Å²) in [6.45, 7) is 2.52. The number of amides is 1. The number of carbonyl (C=O) groups is 1. The van der Waals surface area contributed by atoms with Gasteiger partial charge in [-0.25, -0.2) is 8.42 Å². The molecule has 7 heteroatoms. The first kappa shape index (κ1) is 19.0. The predicted octanol–water partition coefficient (Wildman–Crippen LogP) is 2.02. The van der Waals surface area contributed by atoms with E-state index in [-0.39, 0.29) is 17.3 Å². The van der Waals surface area contributed by atoms with E-state index in [9.17, 15) is 13.2 Å². The molecular weight excluding hydrogens is 340 g/mol. The van der Waals surface area contributed by atoms with Crippen LogP contribution in [0.15, 0.2) is 59.5 Å². The number of nitrogens with zero attached hydrogens (tertiary/aromatic N) is 1. The van der Waals surface area contributed by atoms with Crippen molar-refractivity contribution in [3.8, 4) is 5.75 Å². The molecule has 1 N–H and O–H groups in total. The SMILES string of the molecule is CCOc1cccc(CNC(=O)CN(C)S(=O)(=O)c2ccccc2)c1. The Labute approximate surface area is 148 Å². The first-order valence-electron chi connectivity index (χ1n) is 7.93. The van der Waals surface area contributed by atoms with E-state index in [1.807, 2.05) is 31.2 Å². The summed E-state index contributed by atoms with van der Waals surface area (Å²) < 4.78 is 31.2. The average molecular weight is 362 g/mol. The number of sulfonamides is 1. The Morgan fingerprint density at radius 2 is 1.84 bits per heavy atom. The van der Waals surface area contributed by atoms with Gasteiger partial charge in [0.25, 0.3) is 0 Å². The fourth-order valence-electron chi connectivity index (χ4n) is 2.23. The fourth-order valence-corrected chi connectivity index (χ4v) is 3.38. The topological polar surface area (TPSA) is 75.7 Å². The molecule has 0 radical (unpaired) electrons. The van der Waals surface area contributed by atoms with Crippen molar-refractivity contribution >= 4 is 15.9 Å². The summed E-state index contributed by atoms with van der Waals surface area (Å²) in [6, 6.07) is 15.4. The van der Waals surface area contributed by atoms with Gasteiger partial charge in [-0.1, -0.05) is 30.3 Å². The number of likely N-dealkylation sites (N-methyl/N-ethyl adjacent to an activating group) is 1. The first-order valence-corrected chi connectivity index (χ1v) is 9.37. The van der Waals surface area contributed by atoms with Crippen LogP contribution in [0.5, 0.6) is 5.75 Å². The molecule has 0 atom stereocenters. The Morgan fingerprint density at radius 1 is 1.12 bits per heavy atom. The number of hydrogen-bond acceptors (Lipinski definition) is 4. The second-order valence-corrected chi connectivity index (χ2v) is 7.48. The molecule has 2 aromatic carbocycles. The molecule has 0 aliphatic rings. The minimum atomic E-state index is -3.68. The van der Waals surface area contributed by atoms with Crippen LogP contribution in [0.2, 0.25) is 0 Å². The highest BCUT2D eigenvalue weighted by molar-refractivity contribution is 7.89. The lowest BCUT2D eigenvalue weighted by atomic mass is 10.2. The van der Waals surface area contributed by atoms with E-state index in [1.54, 1.807) is 18.2 Å². The van der Waals surface area contributed by atoms with Gasteiger partial charge in [0, 0.05) is 13.6 Å². The lowest BCUT2D eigenvalue weighted by molar-refractivity contribution is -0.121. The Hall–Kier alpha value is -2.38. The molecule has 0 spiro atoms. The molecule has 0 saturated heterocycles. The Balaban J connectivity index is 1.93. The monoisotopic (exact) mass is 362 g/mol. The van der Waals surface area contributed by atoms with Crippen LogP contribution in [0.3, 0.4) is 0 Å². The van der Waals surface area contributed by atoms with Gasteiger partial charge in [0.15, 0.2) is 0 Å². The maximum Gasteiger partial charge on any atom is 0.243 e. The maximum absolute atomic E-state index is 12.4. The molecule has 0 fully saturated rings. The van der Waals surface area contributed by atoms with Gasteiger partial charge in [-0.15, -0.1) is 0 Å². The molecule has 6 nitrogen and oxygen atoms in total.